The van der Waals surface area contributed by atoms with Crippen LogP contribution >= 0.6 is 23.2 Å². The maximum absolute atomic E-state index is 5.95. The Kier molecular flexibility index (Phi) is 4.75. The fourth-order valence-corrected chi connectivity index (χ4v) is 2.05. The van der Waals surface area contributed by atoms with Crippen LogP contribution in [0.1, 0.15) is 27.2 Å². The molecule has 90 valence electrons. The molecule has 1 atom stereocenters. The number of rotatable bonds is 4. The summed E-state index contributed by atoms with van der Waals surface area (Å²) >= 11 is 11.8. The smallest absolute Gasteiger partial charge is 0.0614 e. The van der Waals surface area contributed by atoms with Crippen LogP contribution < -0.4 is 11.1 Å². The number of benzene rings is 1. The van der Waals surface area contributed by atoms with Crippen molar-refractivity contribution in [3.05, 3.63) is 22.2 Å². The van der Waals surface area contributed by atoms with E-state index in [9.17, 15) is 0 Å². The van der Waals surface area contributed by atoms with Crippen molar-refractivity contribution < 1.29 is 0 Å². The number of nitrogen functional groups attached to an aromatic ring is 1. The third-order valence-electron chi connectivity index (χ3n) is 2.32. The van der Waals surface area contributed by atoms with Crippen LogP contribution in [0.5, 0.6) is 0 Å². The summed E-state index contributed by atoms with van der Waals surface area (Å²) in [6, 6.07) is 3.81. The van der Waals surface area contributed by atoms with E-state index in [4.69, 9.17) is 28.9 Å². The van der Waals surface area contributed by atoms with Gasteiger partial charge in [-0.1, -0.05) is 37.0 Å². The first-order valence-electron chi connectivity index (χ1n) is 5.41. The summed E-state index contributed by atoms with van der Waals surface area (Å²) in [5.74, 6) is 0.645. The van der Waals surface area contributed by atoms with Crippen LogP contribution in [0.4, 0.5) is 11.4 Å². The molecule has 0 fully saturated rings. The van der Waals surface area contributed by atoms with Crippen LogP contribution in [0.3, 0.4) is 0 Å². The molecule has 0 aliphatic heterocycles. The third kappa shape index (κ3) is 3.76. The molecule has 0 saturated heterocycles. The molecular formula is C12H18Cl2N2. The van der Waals surface area contributed by atoms with Gasteiger partial charge in [-0.15, -0.1) is 0 Å². The summed E-state index contributed by atoms with van der Waals surface area (Å²) in [5, 5.41) is 4.35. The second-order valence-electron chi connectivity index (χ2n) is 4.53. The van der Waals surface area contributed by atoms with Gasteiger partial charge in [0.25, 0.3) is 0 Å². The van der Waals surface area contributed by atoms with Gasteiger partial charge in [-0.05, 0) is 31.4 Å². The Morgan fingerprint density at radius 2 is 1.75 bits per heavy atom. The van der Waals surface area contributed by atoms with Gasteiger partial charge >= 0.3 is 0 Å². The predicted octanol–water partition coefficient (Wildman–Crippen LogP) is 4.42. The number of nitrogens with one attached hydrogen (secondary N) is 1. The zero-order chi connectivity index (χ0) is 12.3. The highest BCUT2D eigenvalue weighted by atomic mass is 35.5. The molecule has 1 rings (SSSR count). The van der Waals surface area contributed by atoms with E-state index < -0.39 is 0 Å². The van der Waals surface area contributed by atoms with Crippen molar-refractivity contribution in [3.8, 4) is 0 Å². The predicted molar refractivity (Wildman–Crippen MR) is 73.4 cm³/mol. The molecule has 0 amide bonds. The van der Waals surface area contributed by atoms with Gasteiger partial charge in [0.05, 0.1) is 21.4 Å². The van der Waals surface area contributed by atoms with Crippen LogP contribution in [-0.2, 0) is 0 Å². The van der Waals surface area contributed by atoms with Gasteiger partial charge in [0, 0.05) is 6.04 Å². The van der Waals surface area contributed by atoms with Crippen LogP contribution in [-0.4, -0.2) is 6.04 Å². The molecule has 0 radical (unpaired) electrons. The van der Waals surface area contributed by atoms with Gasteiger partial charge in [-0.25, -0.2) is 0 Å². The summed E-state index contributed by atoms with van der Waals surface area (Å²) in [7, 11) is 0. The Morgan fingerprint density at radius 1 is 1.19 bits per heavy atom. The number of nitrogens with two attached hydrogens (primary N) is 1. The number of hydrogen-bond donors (Lipinski definition) is 2. The molecule has 0 aliphatic carbocycles. The van der Waals surface area contributed by atoms with E-state index in [0.29, 0.717) is 27.7 Å². The van der Waals surface area contributed by atoms with Crippen molar-refractivity contribution in [2.24, 2.45) is 5.92 Å². The van der Waals surface area contributed by atoms with E-state index in [2.05, 4.69) is 26.1 Å². The quantitative estimate of drug-likeness (QED) is 0.787. The Hall–Kier alpha value is -0.600. The highest BCUT2D eigenvalue weighted by Gasteiger charge is 2.09. The lowest BCUT2D eigenvalue weighted by atomic mass is 10.0. The molecule has 0 aliphatic rings. The maximum atomic E-state index is 5.95. The molecule has 2 nitrogen and oxygen atoms in total. The first kappa shape index (κ1) is 13.5. The van der Waals surface area contributed by atoms with Gasteiger partial charge in [0.15, 0.2) is 0 Å². The summed E-state index contributed by atoms with van der Waals surface area (Å²) in [6.07, 6.45) is 1.08. The highest BCUT2D eigenvalue weighted by molar-refractivity contribution is 6.42. The lowest BCUT2D eigenvalue weighted by Gasteiger charge is -2.19. The first-order valence-corrected chi connectivity index (χ1v) is 6.16. The monoisotopic (exact) mass is 260 g/mol. The van der Waals surface area contributed by atoms with Crippen LogP contribution in [0.2, 0.25) is 10.0 Å². The van der Waals surface area contributed by atoms with E-state index >= 15 is 0 Å². The standard InChI is InChI=1S/C12H18Cl2N2/c1-7(2)4-8(3)16-12-6-10(14)9(13)5-11(12)15/h5-8,16H,4,15H2,1-3H3. The van der Waals surface area contributed by atoms with Gasteiger partial charge < -0.3 is 11.1 Å². The molecular weight excluding hydrogens is 243 g/mol. The Labute approximate surface area is 107 Å². The largest absolute Gasteiger partial charge is 0.397 e. The molecule has 0 aromatic heterocycles. The molecule has 0 spiro atoms. The Balaban J connectivity index is 2.77. The molecule has 0 saturated carbocycles. The first-order chi connectivity index (χ1) is 7.40. The Morgan fingerprint density at radius 3 is 2.31 bits per heavy atom. The van der Waals surface area contributed by atoms with E-state index in [1.165, 1.54) is 0 Å². The van der Waals surface area contributed by atoms with Crippen molar-refractivity contribution in [2.45, 2.75) is 33.2 Å². The van der Waals surface area contributed by atoms with E-state index in [-0.39, 0.29) is 0 Å². The van der Waals surface area contributed by atoms with E-state index in [1.54, 1.807) is 12.1 Å². The lowest BCUT2D eigenvalue weighted by Crippen LogP contribution is -2.18. The molecule has 1 aromatic rings. The molecule has 0 heterocycles. The van der Waals surface area contributed by atoms with Crippen LogP contribution in [0.25, 0.3) is 0 Å². The minimum absolute atomic E-state index is 0.361. The topological polar surface area (TPSA) is 38.0 Å². The number of hydrogen-bond acceptors (Lipinski definition) is 2. The fraction of sp³-hybridized carbons (Fsp3) is 0.500. The maximum Gasteiger partial charge on any atom is 0.0614 e. The van der Waals surface area contributed by atoms with Crippen molar-refractivity contribution in [1.29, 1.82) is 0 Å². The fourth-order valence-electron chi connectivity index (χ4n) is 1.72. The normalized spacial score (nSPS) is 12.9. The average molecular weight is 261 g/mol. The van der Waals surface area contributed by atoms with Crippen molar-refractivity contribution in [2.75, 3.05) is 11.1 Å². The van der Waals surface area contributed by atoms with Gasteiger partial charge in [-0.2, -0.15) is 0 Å². The zero-order valence-corrected chi connectivity index (χ0v) is 11.4. The zero-order valence-electron chi connectivity index (χ0n) is 9.85. The third-order valence-corrected chi connectivity index (χ3v) is 3.04. The Bertz CT molecular complexity index is 364. The second kappa shape index (κ2) is 5.65. The summed E-state index contributed by atoms with van der Waals surface area (Å²) in [6.45, 7) is 6.51. The molecule has 0 bridgehead atoms. The van der Waals surface area contributed by atoms with Gasteiger partial charge in [-0.3, -0.25) is 0 Å². The minimum atomic E-state index is 0.361. The molecule has 1 aromatic carbocycles. The summed E-state index contributed by atoms with van der Waals surface area (Å²) < 4.78 is 0. The summed E-state index contributed by atoms with van der Waals surface area (Å²) in [4.78, 5) is 0. The molecule has 4 heteroatoms. The van der Waals surface area contributed by atoms with E-state index in [0.717, 1.165) is 12.1 Å². The van der Waals surface area contributed by atoms with Gasteiger partial charge in [0.2, 0.25) is 0 Å². The van der Waals surface area contributed by atoms with Gasteiger partial charge in [0.1, 0.15) is 0 Å². The van der Waals surface area contributed by atoms with Crippen molar-refractivity contribution >= 4 is 34.6 Å². The van der Waals surface area contributed by atoms with Crippen molar-refractivity contribution in [1.82, 2.24) is 0 Å². The number of halogens is 2. The van der Waals surface area contributed by atoms with E-state index in [1.807, 2.05) is 0 Å². The summed E-state index contributed by atoms with van der Waals surface area (Å²) in [5.41, 5.74) is 7.34. The minimum Gasteiger partial charge on any atom is -0.397 e. The SMILES string of the molecule is CC(C)CC(C)Nc1cc(Cl)c(Cl)cc1N. The molecule has 16 heavy (non-hydrogen) atoms. The van der Waals surface area contributed by atoms with Crippen LogP contribution in [0.15, 0.2) is 12.1 Å². The molecule has 3 N–H and O–H groups in total. The average Bonchev–Trinajstić information content (AvgIpc) is 2.12. The van der Waals surface area contributed by atoms with Crippen LogP contribution in [0, 0.1) is 5.92 Å². The number of anilines is 2. The molecule has 1 unspecified atom stereocenters. The second-order valence-corrected chi connectivity index (χ2v) is 5.34. The van der Waals surface area contributed by atoms with Crippen molar-refractivity contribution in [3.63, 3.8) is 0 Å². The lowest BCUT2D eigenvalue weighted by molar-refractivity contribution is 0.540. The highest BCUT2D eigenvalue weighted by Crippen LogP contribution is 2.31.